The van der Waals surface area contributed by atoms with Crippen LogP contribution in [0.25, 0.3) is 0 Å². The Labute approximate surface area is 186 Å². The van der Waals surface area contributed by atoms with E-state index in [9.17, 15) is 18.3 Å². The summed E-state index contributed by atoms with van der Waals surface area (Å²) in [7, 11) is -1.96. The van der Waals surface area contributed by atoms with Crippen molar-refractivity contribution in [3.8, 4) is 0 Å². The molecule has 0 bridgehead atoms. The van der Waals surface area contributed by atoms with Gasteiger partial charge in [0, 0.05) is 25.8 Å². The minimum absolute atomic E-state index is 0.0111. The van der Waals surface area contributed by atoms with Crippen molar-refractivity contribution in [3.05, 3.63) is 58.2 Å². The van der Waals surface area contributed by atoms with Crippen LogP contribution < -0.4 is 9.62 Å². The van der Waals surface area contributed by atoms with E-state index in [-0.39, 0.29) is 15.5 Å². The average Bonchev–Trinajstić information content (AvgIpc) is 3.35. The van der Waals surface area contributed by atoms with E-state index in [4.69, 9.17) is 0 Å². The molecule has 8 nitrogen and oxygen atoms in total. The molecule has 3 aromatic rings. The van der Waals surface area contributed by atoms with Gasteiger partial charge in [-0.05, 0) is 62.4 Å². The first kappa shape index (κ1) is 22.8. The molecular weight excluding hydrogens is 436 g/mol. The van der Waals surface area contributed by atoms with Crippen molar-refractivity contribution < 1.29 is 18.3 Å². The van der Waals surface area contributed by atoms with Crippen molar-refractivity contribution >= 4 is 38.7 Å². The third kappa shape index (κ3) is 4.91. The first-order valence-electron chi connectivity index (χ1n) is 9.81. The largest absolute Gasteiger partial charge is 0.478 e. The first-order valence-corrected chi connectivity index (χ1v) is 12.2. The standard InChI is InChI=1S/C21H26N4O4S2/c1-5-25-15(3)17(14(2)22-25)10-11-24(4)19-9-8-16(21(26)27)13-18(19)23-31(28,29)20-7-6-12-30-20/h6-9,12-13,23H,5,10-11H2,1-4H3,(H,26,27). The molecule has 2 heterocycles. The van der Waals surface area contributed by atoms with Gasteiger partial charge in [-0.25, -0.2) is 13.2 Å². The number of carboxylic acid groups (broad SMARTS) is 1. The van der Waals surface area contributed by atoms with Gasteiger partial charge in [0.2, 0.25) is 0 Å². The van der Waals surface area contributed by atoms with E-state index in [1.807, 2.05) is 37.4 Å². The van der Waals surface area contributed by atoms with Crippen LogP contribution in [0.1, 0.15) is 34.2 Å². The van der Waals surface area contributed by atoms with Crippen LogP contribution in [0.15, 0.2) is 39.9 Å². The summed E-state index contributed by atoms with van der Waals surface area (Å²) in [5, 5.41) is 15.6. The van der Waals surface area contributed by atoms with Crippen LogP contribution in [0.2, 0.25) is 0 Å². The third-order valence-corrected chi connectivity index (χ3v) is 7.95. The molecular formula is C21H26N4O4S2. The summed E-state index contributed by atoms with van der Waals surface area (Å²) >= 11 is 1.10. The highest BCUT2D eigenvalue weighted by atomic mass is 32.2. The fraction of sp³-hybridized carbons (Fsp3) is 0.333. The van der Waals surface area contributed by atoms with Gasteiger partial charge in [-0.1, -0.05) is 6.07 Å². The van der Waals surface area contributed by atoms with E-state index in [1.54, 1.807) is 17.5 Å². The highest BCUT2D eigenvalue weighted by Gasteiger charge is 2.20. The third-order valence-electron chi connectivity index (χ3n) is 5.19. The van der Waals surface area contributed by atoms with Crippen molar-refractivity contribution in [2.24, 2.45) is 0 Å². The molecule has 1 aromatic carbocycles. The summed E-state index contributed by atoms with van der Waals surface area (Å²) < 4.78 is 30.2. The predicted molar refractivity (Wildman–Crippen MR) is 123 cm³/mol. The van der Waals surface area contributed by atoms with Crippen LogP contribution in [0, 0.1) is 13.8 Å². The van der Waals surface area contributed by atoms with Gasteiger partial charge in [0.05, 0.1) is 22.6 Å². The number of thiophene rings is 1. The molecule has 0 saturated carbocycles. The lowest BCUT2D eigenvalue weighted by atomic mass is 10.1. The molecule has 0 fully saturated rings. The fourth-order valence-corrected chi connectivity index (χ4v) is 5.56. The minimum atomic E-state index is -3.81. The van der Waals surface area contributed by atoms with Crippen molar-refractivity contribution in [3.63, 3.8) is 0 Å². The number of hydrogen-bond donors (Lipinski definition) is 2. The summed E-state index contributed by atoms with van der Waals surface area (Å²) in [6.45, 7) is 7.48. The van der Waals surface area contributed by atoms with Crippen LogP contribution in [0.5, 0.6) is 0 Å². The van der Waals surface area contributed by atoms with E-state index in [2.05, 4.69) is 9.82 Å². The summed E-state index contributed by atoms with van der Waals surface area (Å²) in [5.74, 6) is -1.12. The summed E-state index contributed by atoms with van der Waals surface area (Å²) in [6, 6.07) is 7.62. The lowest BCUT2D eigenvalue weighted by molar-refractivity contribution is 0.0697. The second-order valence-electron chi connectivity index (χ2n) is 7.21. The highest BCUT2D eigenvalue weighted by Crippen LogP contribution is 2.30. The maximum atomic E-state index is 12.7. The zero-order chi connectivity index (χ0) is 22.8. The number of likely N-dealkylation sites (N-methyl/N-ethyl adjacent to an activating group) is 1. The Balaban J connectivity index is 1.89. The number of rotatable bonds is 9. The summed E-state index contributed by atoms with van der Waals surface area (Å²) in [6.07, 6.45) is 0.728. The number of aryl methyl sites for hydroxylation is 2. The number of aromatic carboxylic acids is 1. The number of nitrogens with zero attached hydrogens (tertiary/aromatic N) is 3. The molecule has 2 N–H and O–H groups in total. The van der Waals surface area contributed by atoms with Crippen LogP contribution in [0.3, 0.4) is 0 Å². The predicted octanol–water partition coefficient (Wildman–Crippen LogP) is 3.76. The molecule has 0 aliphatic heterocycles. The number of carbonyl (C=O) groups is 1. The Bertz CT molecular complexity index is 1180. The van der Waals surface area contributed by atoms with E-state index in [0.29, 0.717) is 12.2 Å². The van der Waals surface area contributed by atoms with Crippen LogP contribution in [-0.2, 0) is 23.0 Å². The van der Waals surface area contributed by atoms with Gasteiger partial charge in [0.1, 0.15) is 4.21 Å². The molecule has 0 spiro atoms. The molecule has 0 saturated heterocycles. The Hall–Kier alpha value is -2.85. The molecule has 10 heteroatoms. The number of hydrogen-bond acceptors (Lipinski definition) is 6. The van der Waals surface area contributed by atoms with E-state index in [0.717, 1.165) is 41.3 Å². The van der Waals surface area contributed by atoms with E-state index >= 15 is 0 Å². The number of anilines is 2. The molecule has 166 valence electrons. The Morgan fingerprint density at radius 2 is 2.03 bits per heavy atom. The number of benzene rings is 1. The molecule has 0 aliphatic carbocycles. The molecule has 0 radical (unpaired) electrons. The van der Waals surface area contributed by atoms with Gasteiger partial charge in [-0.3, -0.25) is 9.40 Å². The molecule has 0 unspecified atom stereocenters. The summed E-state index contributed by atoms with van der Waals surface area (Å²) in [5.41, 5.74) is 4.10. The topological polar surface area (TPSA) is 105 Å². The zero-order valence-corrected chi connectivity index (χ0v) is 19.5. The number of nitrogens with one attached hydrogen (secondary N) is 1. The SMILES string of the molecule is CCn1nc(C)c(CCN(C)c2ccc(C(=O)O)cc2NS(=O)(=O)c2cccs2)c1C. The zero-order valence-electron chi connectivity index (χ0n) is 17.9. The van der Waals surface area contributed by atoms with Gasteiger partial charge in [0.15, 0.2) is 0 Å². The molecule has 2 aromatic heterocycles. The minimum Gasteiger partial charge on any atom is -0.478 e. The normalized spacial score (nSPS) is 11.5. The summed E-state index contributed by atoms with van der Waals surface area (Å²) in [4.78, 5) is 13.4. The van der Waals surface area contributed by atoms with Gasteiger partial charge in [0.25, 0.3) is 10.0 Å². The number of aromatic nitrogens is 2. The molecule has 3 rings (SSSR count). The number of sulfonamides is 1. The molecule has 31 heavy (non-hydrogen) atoms. The Morgan fingerprint density at radius 1 is 1.29 bits per heavy atom. The van der Waals surface area contributed by atoms with Gasteiger partial charge >= 0.3 is 5.97 Å². The first-order chi connectivity index (χ1) is 14.6. The Kier molecular flexibility index (Phi) is 6.71. The van der Waals surface area contributed by atoms with Gasteiger partial charge < -0.3 is 10.0 Å². The second kappa shape index (κ2) is 9.11. The van der Waals surface area contributed by atoms with Crippen molar-refractivity contribution in [2.75, 3.05) is 23.2 Å². The maximum absolute atomic E-state index is 12.7. The average molecular weight is 463 g/mol. The quantitative estimate of drug-likeness (QED) is 0.502. The lowest BCUT2D eigenvalue weighted by Crippen LogP contribution is -2.23. The van der Waals surface area contributed by atoms with Crippen molar-refractivity contribution in [2.45, 2.75) is 37.9 Å². The van der Waals surface area contributed by atoms with Gasteiger partial charge in [-0.2, -0.15) is 5.10 Å². The smallest absolute Gasteiger partial charge is 0.335 e. The molecule has 0 amide bonds. The fourth-order valence-electron chi connectivity index (χ4n) is 3.50. The maximum Gasteiger partial charge on any atom is 0.335 e. The second-order valence-corrected chi connectivity index (χ2v) is 10.1. The van der Waals surface area contributed by atoms with Crippen molar-refractivity contribution in [1.82, 2.24) is 9.78 Å². The lowest BCUT2D eigenvalue weighted by Gasteiger charge is -2.23. The molecule has 0 aliphatic rings. The van der Waals surface area contributed by atoms with E-state index in [1.165, 1.54) is 18.2 Å². The monoisotopic (exact) mass is 462 g/mol. The highest BCUT2D eigenvalue weighted by molar-refractivity contribution is 7.94. The number of carboxylic acids is 1. The van der Waals surface area contributed by atoms with Crippen LogP contribution in [0.4, 0.5) is 11.4 Å². The van der Waals surface area contributed by atoms with Gasteiger partial charge in [-0.15, -0.1) is 11.3 Å². The Morgan fingerprint density at radius 3 is 2.61 bits per heavy atom. The van der Waals surface area contributed by atoms with E-state index < -0.39 is 16.0 Å². The molecule has 0 atom stereocenters. The van der Waals surface area contributed by atoms with Crippen molar-refractivity contribution in [1.29, 1.82) is 0 Å². The van der Waals surface area contributed by atoms with Crippen LogP contribution >= 0.6 is 11.3 Å². The van der Waals surface area contributed by atoms with Crippen LogP contribution in [-0.4, -0.2) is 42.9 Å².